The quantitative estimate of drug-likeness (QED) is 0.120. The molecule has 0 aromatic heterocycles. The van der Waals surface area contributed by atoms with Gasteiger partial charge in [-0.2, -0.15) is 0 Å². The van der Waals surface area contributed by atoms with Crippen molar-refractivity contribution in [1.29, 1.82) is 0 Å². The van der Waals surface area contributed by atoms with Crippen molar-refractivity contribution in [3.05, 3.63) is 29.8 Å². The zero-order chi connectivity index (χ0) is 21.5. The van der Waals surface area contributed by atoms with E-state index in [4.69, 9.17) is 0 Å². The first-order valence-electron chi connectivity index (χ1n) is 9.17. The van der Waals surface area contributed by atoms with Crippen molar-refractivity contribution in [3.8, 4) is 0 Å². The summed E-state index contributed by atoms with van der Waals surface area (Å²) >= 11 is 1.06. The second-order valence-electron chi connectivity index (χ2n) is 7.26. The van der Waals surface area contributed by atoms with Crippen LogP contribution in [0.3, 0.4) is 0 Å². The Bertz CT molecular complexity index is 708. The van der Waals surface area contributed by atoms with Crippen molar-refractivity contribution in [1.82, 2.24) is 5.32 Å². The standard InChI is InChI=1S/C20H28I2N2O3Si/c1-6-15(23-19(27)20(21,28)11-13(2)3)17(25)18(26)22-12-14-9-7-8-10-16(14)24(4)5/h7-10,13,15H,6,11-12H2,1-5H3,(H,23,27)/q-1/t15?,20-/m0/s1. The van der Waals surface area contributed by atoms with Crippen molar-refractivity contribution in [2.45, 2.75) is 47.1 Å². The van der Waals surface area contributed by atoms with Gasteiger partial charge in [0.1, 0.15) is 0 Å². The third-order valence-corrected chi connectivity index (χ3v) is 7.87. The van der Waals surface area contributed by atoms with Crippen LogP contribution in [0, 0.1) is 5.92 Å². The molecule has 1 unspecified atom stereocenters. The van der Waals surface area contributed by atoms with Crippen LogP contribution >= 0.6 is 22.6 Å². The van der Waals surface area contributed by atoms with Crippen molar-refractivity contribution >= 4 is 54.0 Å². The van der Waals surface area contributed by atoms with Crippen molar-refractivity contribution in [3.63, 3.8) is 0 Å². The van der Waals surface area contributed by atoms with Crippen LogP contribution in [0.2, 0.25) is 0 Å². The average molecular weight is 626 g/mol. The molecule has 155 valence electrons. The Hall–Kier alpha value is -0.493. The van der Waals surface area contributed by atoms with E-state index >= 15 is 0 Å². The fourth-order valence-electron chi connectivity index (χ4n) is 2.68. The van der Waals surface area contributed by atoms with Gasteiger partial charge in [0.25, 0.3) is 0 Å². The van der Waals surface area contributed by atoms with E-state index < -0.39 is 36.1 Å². The Balaban J connectivity index is 2.75. The number of para-hydroxylation sites is 1. The SMILES string of the molecule is CCC(NC(=O)[C@]([Si])(I)CC(C)C)C(=O)C(=O)[I-]Cc1ccccc1N(C)C. The van der Waals surface area contributed by atoms with Crippen molar-refractivity contribution in [2.24, 2.45) is 5.92 Å². The molecule has 1 rings (SSSR count). The summed E-state index contributed by atoms with van der Waals surface area (Å²) in [7, 11) is 7.43. The van der Waals surface area contributed by atoms with Crippen molar-refractivity contribution < 1.29 is 35.6 Å². The zero-order valence-corrected chi connectivity index (χ0v) is 22.3. The number of anilines is 1. The van der Waals surface area contributed by atoms with E-state index in [1.807, 2.05) is 79.7 Å². The van der Waals surface area contributed by atoms with Gasteiger partial charge in [-0.1, -0.05) is 0 Å². The van der Waals surface area contributed by atoms with Gasteiger partial charge in [-0.25, -0.2) is 0 Å². The molecule has 1 aromatic carbocycles. The molecule has 2 atom stereocenters. The second kappa shape index (κ2) is 11.6. The number of Topliss-reactive ketones (excluding diaryl/α,β-unsaturated/α-hetero) is 1. The zero-order valence-electron chi connectivity index (χ0n) is 17.0. The van der Waals surface area contributed by atoms with Crippen LogP contribution in [0.15, 0.2) is 24.3 Å². The van der Waals surface area contributed by atoms with E-state index in [1.54, 1.807) is 6.92 Å². The predicted molar refractivity (Wildman–Crippen MR) is 119 cm³/mol. The minimum absolute atomic E-state index is 0.261. The molecule has 5 nitrogen and oxygen atoms in total. The maximum absolute atomic E-state index is 12.6. The molecule has 28 heavy (non-hydrogen) atoms. The summed E-state index contributed by atoms with van der Waals surface area (Å²) in [6.07, 6.45) is 1.03. The first-order valence-corrected chi connectivity index (χ1v) is 13.3. The monoisotopic (exact) mass is 626 g/mol. The Morgan fingerprint density at radius 2 is 1.86 bits per heavy atom. The minimum atomic E-state index is -0.988. The topological polar surface area (TPSA) is 66.5 Å². The number of alkyl halides is 2. The van der Waals surface area contributed by atoms with Gasteiger partial charge in [-0.3, -0.25) is 0 Å². The molecule has 0 saturated heterocycles. The van der Waals surface area contributed by atoms with Gasteiger partial charge in [-0.05, 0) is 0 Å². The normalized spacial score (nSPS) is 14.4. The summed E-state index contributed by atoms with van der Waals surface area (Å²) in [6, 6.07) is 7.14. The number of amides is 1. The number of hydrogen-bond acceptors (Lipinski definition) is 4. The van der Waals surface area contributed by atoms with Crippen LogP contribution in [0.4, 0.5) is 5.69 Å². The molecule has 0 saturated carbocycles. The number of hydrogen-bond donors (Lipinski definition) is 1. The summed E-state index contributed by atoms with van der Waals surface area (Å²) in [6.45, 7) is 5.87. The molecule has 0 spiro atoms. The Kier molecular flexibility index (Phi) is 10.6. The van der Waals surface area contributed by atoms with E-state index in [9.17, 15) is 14.4 Å². The number of carbonyl (C=O) groups excluding carboxylic acids is 3. The number of rotatable bonds is 11. The summed E-state index contributed by atoms with van der Waals surface area (Å²) in [4.78, 5) is 39.7. The van der Waals surface area contributed by atoms with Gasteiger partial charge in [0.05, 0.1) is 0 Å². The van der Waals surface area contributed by atoms with Crippen LogP contribution in [-0.4, -0.2) is 48.9 Å². The summed E-state index contributed by atoms with van der Waals surface area (Å²) in [5.41, 5.74) is 2.13. The fraction of sp³-hybridized carbons (Fsp3) is 0.550. The number of carbonyl (C=O) groups is 3. The van der Waals surface area contributed by atoms with Gasteiger partial charge < -0.3 is 0 Å². The molecule has 1 N–H and O–H groups in total. The number of ketones is 1. The van der Waals surface area contributed by atoms with Gasteiger partial charge in [0, 0.05) is 0 Å². The number of nitrogens with zero attached hydrogens (tertiary/aromatic N) is 1. The molecule has 0 heterocycles. The van der Waals surface area contributed by atoms with E-state index in [2.05, 4.69) is 15.6 Å². The van der Waals surface area contributed by atoms with Crippen LogP contribution in [0.25, 0.3) is 0 Å². The molecular formula is C20H28I2N2O3Si-. The Morgan fingerprint density at radius 1 is 1.25 bits per heavy atom. The van der Waals surface area contributed by atoms with Crippen LogP contribution in [0.5, 0.6) is 0 Å². The van der Waals surface area contributed by atoms with Gasteiger partial charge in [0.2, 0.25) is 0 Å². The van der Waals surface area contributed by atoms with Crippen LogP contribution in [-0.2, 0) is 18.8 Å². The first-order chi connectivity index (χ1) is 13.0. The molecule has 0 aliphatic carbocycles. The molecule has 0 aliphatic rings. The van der Waals surface area contributed by atoms with Crippen LogP contribution in [0.1, 0.15) is 39.2 Å². The fourth-order valence-corrected chi connectivity index (χ4v) is 6.35. The summed E-state index contributed by atoms with van der Waals surface area (Å²) < 4.78 is -0.525. The van der Waals surface area contributed by atoms with E-state index in [1.165, 1.54) is 0 Å². The Labute approximate surface area is 195 Å². The second-order valence-corrected chi connectivity index (χ2v) is 13.5. The van der Waals surface area contributed by atoms with E-state index in [0.29, 0.717) is 23.2 Å². The molecule has 8 heteroatoms. The van der Waals surface area contributed by atoms with Gasteiger partial charge in [-0.15, -0.1) is 0 Å². The van der Waals surface area contributed by atoms with Crippen LogP contribution < -0.4 is 31.4 Å². The molecule has 1 aromatic rings. The predicted octanol–water partition coefficient (Wildman–Crippen LogP) is -0.322. The van der Waals surface area contributed by atoms with E-state index in [0.717, 1.165) is 11.3 Å². The van der Waals surface area contributed by atoms with Gasteiger partial charge >= 0.3 is 197 Å². The van der Waals surface area contributed by atoms with E-state index in [-0.39, 0.29) is 9.70 Å². The maximum atomic E-state index is 12.6. The number of benzene rings is 1. The molecule has 1 amide bonds. The molecule has 3 radical (unpaired) electrons. The molecular weight excluding hydrogens is 598 g/mol. The number of nitrogens with one attached hydrogen (secondary N) is 1. The summed E-state index contributed by atoms with van der Waals surface area (Å²) in [5.74, 6) is -0.419. The third kappa shape index (κ3) is 7.73. The van der Waals surface area contributed by atoms with Crippen molar-refractivity contribution in [2.75, 3.05) is 19.0 Å². The number of halogens is 2. The molecule has 0 aliphatic heterocycles. The molecule has 0 bridgehead atoms. The third-order valence-electron chi connectivity index (χ3n) is 4.08. The summed E-state index contributed by atoms with van der Waals surface area (Å²) in [5, 5.41) is 2.76. The first kappa shape index (κ1) is 25.5. The average Bonchev–Trinajstić information content (AvgIpc) is 2.62. The molecule has 0 fully saturated rings. The van der Waals surface area contributed by atoms with Gasteiger partial charge in [0.15, 0.2) is 0 Å². The Morgan fingerprint density at radius 3 is 2.39 bits per heavy atom.